The van der Waals surface area contributed by atoms with Gasteiger partial charge in [0, 0.05) is 35.2 Å². The molecule has 0 radical (unpaired) electrons. The van der Waals surface area contributed by atoms with E-state index in [-0.39, 0.29) is 24.3 Å². The number of ether oxygens (including phenoxy) is 1. The average Bonchev–Trinajstić information content (AvgIpc) is 2.45. The first kappa shape index (κ1) is 16.1. The van der Waals surface area contributed by atoms with Gasteiger partial charge in [-0.25, -0.2) is 0 Å². The smallest absolute Gasteiger partial charge is 0.303 e. The van der Waals surface area contributed by atoms with E-state index in [9.17, 15) is 9.59 Å². The van der Waals surface area contributed by atoms with E-state index in [2.05, 4.69) is 4.57 Å². The van der Waals surface area contributed by atoms with E-state index in [1.807, 2.05) is 26.8 Å². The summed E-state index contributed by atoms with van der Waals surface area (Å²) in [6.07, 6.45) is 0.199. The quantitative estimate of drug-likeness (QED) is 0.922. The number of aliphatic carboxylic acids is 1. The normalized spacial score (nSPS) is 11.1. The van der Waals surface area contributed by atoms with Gasteiger partial charge in [0.1, 0.15) is 5.75 Å². The molecule has 118 valence electrons. The Bertz CT molecular complexity index is 774. The summed E-state index contributed by atoms with van der Waals surface area (Å²) in [6.45, 7) is 5.95. The first-order valence-corrected chi connectivity index (χ1v) is 7.30. The molecule has 2 rings (SSSR count). The van der Waals surface area contributed by atoms with Crippen LogP contribution < -0.4 is 10.2 Å². The van der Waals surface area contributed by atoms with Crippen molar-refractivity contribution in [1.82, 2.24) is 4.57 Å². The molecule has 5 nitrogen and oxygen atoms in total. The number of methoxy groups -OCH3 is 1. The maximum atomic E-state index is 12.7. The molecule has 1 aromatic carbocycles. The highest BCUT2D eigenvalue weighted by atomic mass is 16.5. The fraction of sp³-hybridized carbons (Fsp3) is 0.412. The molecular formula is C17H21NO4. The Morgan fingerprint density at radius 1 is 1.36 bits per heavy atom. The van der Waals surface area contributed by atoms with Gasteiger partial charge >= 0.3 is 5.97 Å². The second kappa shape index (κ2) is 6.22. The molecule has 0 amide bonds. The van der Waals surface area contributed by atoms with Crippen molar-refractivity contribution in [3.05, 3.63) is 39.7 Å². The molecule has 0 saturated heterocycles. The minimum atomic E-state index is -0.898. The Labute approximate surface area is 129 Å². The summed E-state index contributed by atoms with van der Waals surface area (Å²) in [6, 6.07) is 5.51. The van der Waals surface area contributed by atoms with Gasteiger partial charge in [-0.3, -0.25) is 9.59 Å². The zero-order valence-electron chi connectivity index (χ0n) is 13.3. The average molecular weight is 303 g/mol. The number of benzene rings is 1. The Morgan fingerprint density at radius 2 is 2.05 bits per heavy atom. The number of pyridine rings is 1. The first-order valence-electron chi connectivity index (χ1n) is 7.30. The van der Waals surface area contributed by atoms with E-state index in [4.69, 9.17) is 9.84 Å². The van der Waals surface area contributed by atoms with Gasteiger partial charge in [-0.05, 0) is 39.3 Å². The van der Waals surface area contributed by atoms with Gasteiger partial charge in [-0.1, -0.05) is 0 Å². The minimum absolute atomic E-state index is 0.0458. The molecule has 22 heavy (non-hydrogen) atoms. The molecule has 1 heterocycles. The number of nitrogens with zero attached hydrogens (tertiary/aromatic N) is 1. The zero-order valence-corrected chi connectivity index (χ0v) is 13.3. The molecule has 0 saturated carbocycles. The van der Waals surface area contributed by atoms with E-state index in [0.717, 1.165) is 11.2 Å². The molecule has 0 atom stereocenters. The van der Waals surface area contributed by atoms with Gasteiger partial charge in [-0.15, -0.1) is 0 Å². The molecule has 0 aliphatic heterocycles. The molecule has 0 aliphatic carbocycles. The number of fused-ring (bicyclic) bond motifs is 1. The highest BCUT2D eigenvalue weighted by Crippen LogP contribution is 2.25. The van der Waals surface area contributed by atoms with Crippen molar-refractivity contribution in [2.45, 2.75) is 39.7 Å². The van der Waals surface area contributed by atoms with Gasteiger partial charge < -0.3 is 14.4 Å². The summed E-state index contributed by atoms with van der Waals surface area (Å²) in [5.41, 5.74) is 2.12. The van der Waals surface area contributed by atoms with Gasteiger partial charge in [0.05, 0.1) is 12.6 Å². The Balaban J connectivity index is 2.78. The van der Waals surface area contributed by atoms with Crippen molar-refractivity contribution in [2.24, 2.45) is 0 Å². The van der Waals surface area contributed by atoms with Crippen LogP contribution in [-0.4, -0.2) is 22.8 Å². The van der Waals surface area contributed by atoms with Gasteiger partial charge in [0.2, 0.25) is 0 Å². The van der Waals surface area contributed by atoms with Crippen LogP contribution in [0.25, 0.3) is 10.9 Å². The molecule has 1 N–H and O–H groups in total. The van der Waals surface area contributed by atoms with Crippen LogP contribution in [0.1, 0.15) is 37.6 Å². The van der Waals surface area contributed by atoms with Crippen LogP contribution in [0.15, 0.2) is 23.0 Å². The van der Waals surface area contributed by atoms with Crippen LogP contribution in [-0.2, 0) is 11.2 Å². The second-order valence-corrected chi connectivity index (χ2v) is 5.63. The highest BCUT2D eigenvalue weighted by molar-refractivity contribution is 5.82. The fourth-order valence-corrected chi connectivity index (χ4v) is 2.87. The highest BCUT2D eigenvalue weighted by Gasteiger charge is 2.17. The summed E-state index contributed by atoms with van der Waals surface area (Å²) in [4.78, 5) is 23.5. The lowest BCUT2D eigenvalue weighted by atomic mass is 10.0. The SMILES string of the molecule is COc1ccc2c(=O)c(CCC(=O)O)c(C)n(C(C)C)c2c1. The molecule has 2 aromatic rings. The van der Waals surface area contributed by atoms with E-state index in [1.165, 1.54) is 0 Å². The number of carboxylic acids is 1. The number of hydrogen-bond acceptors (Lipinski definition) is 3. The molecule has 0 aliphatic rings. The van der Waals surface area contributed by atoms with Crippen molar-refractivity contribution in [3.63, 3.8) is 0 Å². The van der Waals surface area contributed by atoms with Crippen LogP contribution in [0.2, 0.25) is 0 Å². The summed E-state index contributed by atoms with van der Waals surface area (Å²) < 4.78 is 7.32. The molecule has 0 spiro atoms. The van der Waals surface area contributed by atoms with Gasteiger partial charge in [0.15, 0.2) is 5.43 Å². The second-order valence-electron chi connectivity index (χ2n) is 5.63. The van der Waals surface area contributed by atoms with Crippen molar-refractivity contribution in [2.75, 3.05) is 7.11 Å². The fourth-order valence-electron chi connectivity index (χ4n) is 2.87. The number of carboxylic acid groups (broad SMARTS) is 1. The number of rotatable bonds is 5. The van der Waals surface area contributed by atoms with Crippen molar-refractivity contribution >= 4 is 16.9 Å². The largest absolute Gasteiger partial charge is 0.497 e. The lowest BCUT2D eigenvalue weighted by Gasteiger charge is -2.21. The zero-order chi connectivity index (χ0) is 16.4. The minimum Gasteiger partial charge on any atom is -0.497 e. The Morgan fingerprint density at radius 3 is 2.59 bits per heavy atom. The van der Waals surface area contributed by atoms with Crippen LogP contribution >= 0.6 is 0 Å². The molecule has 1 aromatic heterocycles. The monoisotopic (exact) mass is 303 g/mol. The number of aromatic nitrogens is 1. The van der Waals surface area contributed by atoms with E-state index in [0.29, 0.717) is 16.7 Å². The van der Waals surface area contributed by atoms with Crippen LogP contribution in [0.3, 0.4) is 0 Å². The number of hydrogen-bond donors (Lipinski definition) is 1. The molecule has 5 heteroatoms. The van der Waals surface area contributed by atoms with E-state index >= 15 is 0 Å². The lowest BCUT2D eigenvalue weighted by molar-refractivity contribution is -0.136. The summed E-state index contributed by atoms with van der Waals surface area (Å²) in [5.74, 6) is -0.205. The third-order valence-corrected chi connectivity index (χ3v) is 3.89. The van der Waals surface area contributed by atoms with E-state index < -0.39 is 5.97 Å². The van der Waals surface area contributed by atoms with Gasteiger partial charge in [0.25, 0.3) is 0 Å². The van der Waals surface area contributed by atoms with Crippen LogP contribution in [0, 0.1) is 6.92 Å². The molecule has 0 fully saturated rings. The predicted octanol–water partition coefficient (Wildman–Crippen LogP) is 2.92. The summed E-state index contributed by atoms with van der Waals surface area (Å²) >= 11 is 0. The molecule has 0 bridgehead atoms. The topological polar surface area (TPSA) is 68.5 Å². The van der Waals surface area contributed by atoms with Crippen molar-refractivity contribution in [1.29, 1.82) is 0 Å². The van der Waals surface area contributed by atoms with Crippen molar-refractivity contribution in [3.8, 4) is 5.75 Å². The standard InChI is InChI=1S/C17H21NO4/c1-10(2)18-11(3)13(7-8-16(19)20)17(21)14-6-5-12(22-4)9-15(14)18/h5-6,9-10H,7-8H2,1-4H3,(H,19,20). The maximum absolute atomic E-state index is 12.7. The molecule has 0 unspecified atom stereocenters. The molecular weight excluding hydrogens is 282 g/mol. The van der Waals surface area contributed by atoms with E-state index in [1.54, 1.807) is 19.2 Å². The lowest BCUT2D eigenvalue weighted by Crippen LogP contribution is -2.21. The first-order chi connectivity index (χ1) is 10.4. The van der Waals surface area contributed by atoms with Crippen molar-refractivity contribution < 1.29 is 14.6 Å². The van der Waals surface area contributed by atoms with Crippen LogP contribution in [0.4, 0.5) is 0 Å². The Kier molecular flexibility index (Phi) is 4.54. The maximum Gasteiger partial charge on any atom is 0.303 e. The van der Waals surface area contributed by atoms with Crippen LogP contribution in [0.5, 0.6) is 5.75 Å². The predicted molar refractivity (Wildman–Crippen MR) is 85.8 cm³/mol. The Hall–Kier alpha value is -2.30. The summed E-state index contributed by atoms with van der Waals surface area (Å²) in [5, 5.41) is 9.49. The number of carbonyl (C=O) groups is 1. The summed E-state index contributed by atoms with van der Waals surface area (Å²) in [7, 11) is 1.59. The third kappa shape index (κ3) is 2.84. The van der Waals surface area contributed by atoms with Gasteiger partial charge in [-0.2, -0.15) is 0 Å². The third-order valence-electron chi connectivity index (χ3n) is 3.89.